The molecule has 0 saturated heterocycles. The first-order valence-electron chi connectivity index (χ1n) is 5.30. The number of aryl methyl sites for hydroxylation is 1. The molecule has 0 bridgehead atoms. The number of carbonyl (C=O) groups excluding carboxylic acids is 1. The zero-order valence-electron chi connectivity index (χ0n) is 10.4. The van der Waals surface area contributed by atoms with Crippen molar-refractivity contribution < 1.29 is 18.0 Å². The van der Waals surface area contributed by atoms with Crippen LogP contribution in [0, 0.1) is 6.92 Å². The predicted molar refractivity (Wildman–Crippen MR) is 63.1 cm³/mol. The maximum absolute atomic E-state index is 12.7. The molecule has 18 heavy (non-hydrogen) atoms. The molecule has 3 nitrogen and oxygen atoms in total. The Hall–Kier alpha value is -1.56. The molecule has 0 aliphatic carbocycles. The van der Waals surface area contributed by atoms with Gasteiger partial charge >= 0.3 is 6.18 Å². The number of nitrogens with one attached hydrogen (secondary N) is 1. The van der Waals surface area contributed by atoms with Crippen LogP contribution in [0.15, 0.2) is 18.2 Å². The van der Waals surface area contributed by atoms with E-state index in [1.54, 1.807) is 0 Å². The van der Waals surface area contributed by atoms with E-state index in [1.165, 1.54) is 32.9 Å². The molecule has 100 valence electrons. The number of carbonyl (C=O) groups is 1. The van der Waals surface area contributed by atoms with Gasteiger partial charge in [0.25, 0.3) is 0 Å². The summed E-state index contributed by atoms with van der Waals surface area (Å²) in [7, 11) is 0. The molecule has 0 atom stereocenters. The summed E-state index contributed by atoms with van der Waals surface area (Å²) in [6.45, 7) is 4.31. The van der Waals surface area contributed by atoms with Crippen LogP contribution in [0.3, 0.4) is 0 Å². The third-order valence-corrected chi connectivity index (χ3v) is 2.39. The Kier molecular flexibility index (Phi) is 3.71. The zero-order valence-corrected chi connectivity index (χ0v) is 10.4. The van der Waals surface area contributed by atoms with Gasteiger partial charge in [-0.3, -0.25) is 4.79 Å². The van der Waals surface area contributed by atoms with E-state index in [0.29, 0.717) is 0 Å². The highest BCUT2D eigenvalue weighted by Gasteiger charge is 2.32. The molecule has 3 N–H and O–H groups in total. The first-order valence-corrected chi connectivity index (χ1v) is 5.30. The molecule has 0 spiro atoms. The van der Waals surface area contributed by atoms with Gasteiger partial charge in [-0.15, -0.1) is 0 Å². The molecule has 0 aromatic heterocycles. The van der Waals surface area contributed by atoms with Crippen LogP contribution in [0.5, 0.6) is 0 Å². The van der Waals surface area contributed by atoms with Crippen molar-refractivity contribution in [1.82, 2.24) is 0 Å². The van der Waals surface area contributed by atoms with Crippen LogP contribution in [0.2, 0.25) is 0 Å². The first kappa shape index (κ1) is 14.5. The van der Waals surface area contributed by atoms with Gasteiger partial charge in [-0.1, -0.05) is 6.07 Å². The van der Waals surface area contributed by atoms with Crippen molar-refractivity contribution in [1.29, 1.82) is 0 Å². The number of nitrogens with two attached hydrogens (primary N) is 1. The minimum atomic E-state index is -4.44. The second-order valence-corrected chi connectivity index (χ2v) is 4.70. The van der Waals surface area contributed by atoms with E-state index in [9.17, 15) is 18.0 Å². The van der Waals surface area contributed by atoms with Crippen LogP contribution < -0.4 is 11.1 Å². The van der Waals surface area contributed by atoms with E-state index in [-0.39, 0.29) is 11.3 Å². The molecule has 0 aliphatic rings. The average molecular weight is 260 g/mol. The van der Waals surface area contributed by atoms with Gasteiger partial charge in [0.1, 0.15) is 0 Å². The van der Waals surface area contributed by atoms with E-state index in [4.69, 9.17) is 5.73 Å². The maximum atomic E-state index is 12.7. The lowest BCUT2D eigenvalue weighted by molar-refractivity contribution is -0.138. The highest BCUT2D eigenvalue weighted by atomic mass is 19.4. The molecule has 1 aromatic rings. The van der Waals surface area contributed by atoms with Crippen molar-refractivity contribution in [3.8, 4) is 0 Å². The summed E-state index contributed by atoms with van der Waals surface area (Å²) in [5, 5.41) is 2.36. The van der Waals surface area contributed by atoms with Crippen molar-refractivity contribution in [2.24, 2.45) is 5.73 Å². The summed E-state index contributed by atoms with van der Waals surface area (Å²) in [5.74, 6) is -0.542. The fourth-order valence-electron chi connectivity index (χ4n) is 1.30. The SMILES string of the molecule is Cc1ccc(NC(=O)C(C)(C)N)cc1C(F)(F)F. The second-order valence-electron chi connectivity index (χ2n) is 4.70. The van der Waals surface area contributed by atoms with Crippen LogP contribution in [-0.4, -0.2) is 11.4 Å². The summed E-state index contributed by atoms with van der Waals surface area (Å²) in [4.78, 5) is 11.6. The monoisotopic (exact) mass is 260 g/mol. The Morgan fingerprint density at radius 2 is 1.83 bits per heavy atom. The topological polar surface area (TPSA) is 55.1 Å². The molecule has 1 aromatic carbocycles. The molecule has 0 fully saturated rings. The lowest BCUT2D eigenvalue weighted by Crippen LogP contribution is -2.45. The van der Waals surface area contributed by atoms with Crippen LogP contribution in [0.1, 0.15) is 25.0 Å². The van der Waals surface area contributed by atoms with E-state index < -0.39 is 23.2 Å². The van der Waals surface area contributed by atoms with Crippen molar-refractivity contribution >= 4 is 11.6 Å². The Balaban J connectivity index is 3.04. The van der Waals surface area contributed by atoms with Crippen molar-refractivity contribution in [3.63, 3.8) is 0 Å². The van der Waals surface area contributed by atoms with E-state index in [2.05, 4.69) is 5.32 Å². The number of rotatable bonds is 2. The second kappa shape index (κ2) is 4.61. The van der Waals surface area contributed by atoms with Crippen molar-refractivity contribution in [2.75, 3.05) is 5.32 Å². The molecular formula is C12H15F3N2O. The summed E-state index contributed by atoms with van der Waals surface area (Å²) in [6.07, 6.45) is -4.44. The van der Waals surface area contributed by atoms with Gasteiger partial charge in [-0.25, -0.2) is 0 Å². The van der Waals surface area contributed by atoms with E-state index in [1.807, 2.05) is 0 Å². The lowest BCUT2D eigenvalue weighted by Gasteiger charge is -2.19. The molecule has 0 unspecified atom stereocenters. The normalized spacial score (nSPS) is 12.4. The Bertz CT molecular complexity index is 461. The van der Waals surface area contributed by atoms with E-state index in [0.717, 1.165) is 6.07 Å². The number of anilines is 1. The van der Waals surface area contributed by atoms with Crippen molar-refractivity contribution in [2.45, 2.75) is 32.5 Å². The number of benzene rings is 1. The number of amides is 1. The molecule has 0 aliphatic heterocycles. The lowest BCUT2D eigenvalue weighted by atomic mass is 10.0. The Morgan fingerprint density at radius 3 is 2.28 bits per heavy atom. The van der Waals surface area contributed by atoms with Crippen LogP contribution in [0.25, 0.3) is 0 Å². The highest BCUT2D eigenvalue weighted by Crippen LogP contribution is 2.33. The minimum Gasteiger partial charge on any atom is -0.324 e. The predicted octanol–water partition coefficient (Wildman–Crippen LogP) is 2.69. The van der Waals surface area contributed by atoms with E-state index >= 15 is 0 Å². The quantitative estimate of drug-likeness (QED) is 0.859. The summed E-state index contributed by atoms with van der Waals surface area (Å²) >= 11 is 0. The number of halogens is 3. The largest absolute Gasteiger partial charge is 0.416 e. The molecule has 0 saturated carbocycles. The van der Waals surface area contributed by atoms with Gasteiger partial charge in [-0.05, 0) is 38.5 Å². The summed E-state index contributed by atoms with van der Waals surface area (Å²) in [5.41, 5.74) is 3.81. The fraction of sp³-hybridized carbons (Fsp3) is 0.417. The van der Waals surface area contributed by atoms with Gasteiger partial charge < -0.3 is 11.1 Å². The summed E-state index contributed by atoms with van der Waals surface area (Å²) < 4.78 is 38.0. The van der Waals surface area contributed by atoms with Crippen molar-refractivity contribution in [3.05, 3.63) is 29.3 Å². The van der Waals surface area contributed by atoms with Crippen LogP contribution in [0.4, 0.5) is 18.9 Å². The molecule has 1 rings (SSSR count). The molecule has 0 radical (unpaired) electrons. The first-order chi connectivity index (χ1) is 8.01. The standard InChI is InChI=1S/C12H15F3N2O/c1-7-4-5-8(6-9(7)12(13,14)15)17-10(18)11(2,3)16/h4-6H,16H2,1-3H3,(H,17,18). The van der Waals surface area contributed by atoms with Crippen LogP contribution >= 0.6 is 0 Å². The summed E-state index contributed by atoms with van der Waals surface area (Å²) in [6, 6.07) is 3.62. The van der Waals surface area contributed by atoms with Gasteiger partial charge in [-0.2, -0.15) is 13.2 Å². The number of hydrogen-bond donors (Lipinski definition) is 2. The third kappa shape index (κ3) is 3.46. The highest BCUT2D eigenvalue weighted by molar-refractivity contribution is 5.97. The molecule has 6 heteroatoms. The average Bonchev–Trinajstić information content (AvgIpc) is 2.17. The number of hydrogen-bond acceptors (Lipinski definition) is 2. The van der Waals surface area contributed by atoms with Crippen LogP contribution in [-0.2, 0) is 11.0 Å². The van der Waals surface area contributed by atoms with Gasteiger partial charge in [0, 0.05) is 5.69 Å². The maximum Gasteiger partial charge on any atom is 0.416 e. The molecule has 0 heterocycles. The van der Waals surface area contributed by atoms with Gasteiger partial charge in [0.05, 0.1) is 11.1 Å². The Labute approximate surface area is 103 Å². The van der Waals surface area contributed by atoms with Gasteiger partial charge in [0.2, 0.25) is 5.91 Å². The zero-order chi connectivity index (χ0) is 14.1. The minimum absolute atomic E-state index is 0.0800. The number of alkyl halides is 3. The molecular weight excluding hydrogens is 245 g/mol. The Morgan fingerprint density at radius 1 is 1.28 bits per heavy atom. The third-order valence-electron chi connectivity index (χ3n) is 2.39. The smallest absolute Gasteiger partial charge is 0.324 e. The van der Waals surface area contributed by atoms with Gasteiger partial charge in [0.15, 0.2) is 0 Å². The fourth-order valence-corrected chi connectivity index (χ4v) is 1.30. The molecule has 1 amide bonds.